The molecule has 2 aromatic heterocycles. The standard InChI is InChI=1S/C90H116N10O14S2/c1-11-81(107)45-53-47-87(79(105)113-9,69-57(25-35-97(49-53)51-81)55-21-15-17-23-63(55)93-69)61-41-59-65(43-67(61)111-7)95(5)73-85(59)29-37-99-33-19-27-83(13-3,71(85)99)75(101)89(73,109)77(103)91-31-39-115-116-40-32-92-78(104)90(110)74-86(30-38-100-34-20-28-84(14-4,72(86)100)76(90)102)60-42-62(68(112-8)44-66(60)96(74)6)88(80(106)114-10)48-54-46-82(108,12-2)52-98(50-54)36-26-58-56-22-16-18-24-64(56)94-70(58)88/h15-24,27-28,41-44,53-54,71-76,93-94,101-102,107-110H,11-14,25-26,29-40,45-52H2,1-10H3,(H,91,103)(H,92,104)/t53-,54-,71?,72?,73+,74+,75+,76+,81-,82-,83+,84+,85+,86+,87-,88-,89?,90?/m0/s1. The molecule has 2 amide bonds. The van der Waals surface area contributed by atoms with Crippen LogP contribution in [-0.4, -0.2) is 275 Å². The van der Waals surface area contributed by atoms with Gasteiger partial charge < -0.3 is 80.0 Å². The summed E-state index contributed by atoms with van der Waals surface area (Å²) in [6, 6.07) is 21.7. The molecule has 6 aromatic rings. The molecule has 20 atom stereocenters. The largest absolute Gasteiger partial charge is 0.496 e. The molecule has 18 rings (SSSR count). The highest BCUT2D eigenvalue weighted by Gasteiger charge is 2.81. The molecule has 26 heteroatoms. The summed E-state index contributed by atoms with van der Waals surface area (Å²) in [4.78, 5) is 84.1. The van der Waals surface area contributed by atoms with Gasteiger partial charge in [-0.3, -0.25) is 38.8 Å². The predicted molar refractivity (Wildman–Crippen MR) is 449 cm³/mol. The number of piperidine rings is 2. The van der Waals surface area contributed by atoms with E-state index in [1.54, 1.807) is 14.2 Å². The number of esters is 2. The van der Waals surface area contributed by atoms with Crippen LogP contribution < -0.4 is 29.9 Å². The van der Waals surface area contributed by atoms with Crippen molar-refractivity contribution >= 4 is 78.5 Å². The number of amides is 2. The molecular formula is C90H116N10O14S2. The Morgan fingerprint density at radius 1 is 0.526 bits per heavy atom. The lowest BCUT2D eigenvalue weighted by atomic mass is 9.47. The summed E-state index contributed by atoms with van der Waals surface area (Å²) in [6.07, 6.45) is 10.7. The molecule has 2 spiro atoms. The van der Waals surface area contributed by atoms with Gasteiger partial charge in [0.25, 0.3) is 11.8 Å². The summed E-state index contributed by atoms with van der Waals surface area (Å²) in [5.41, 5.74) is -4.44. The molecule has 116 heavy (non-hydrogen) atoms. The van der Waals surface area contributed by atoms with Crippen LogP contribution in [0.5, 0.6) is 11.5 Å². The van der Waals surface area contributed by atoms with Crippen LogP contribution in [0.2, 0.25) is 0 Å². The van der Waals surface area contributed by atoms with E-state index in [9.17, 15) is 30.6 Å². The molecule has 2 aliphatic carbocycles. The second-order valence-electron chi connectivity index (χ2n) is 36.4. The van der Waals surface area contributed by atoms with Crippen molar-refractivity contribution in [2.45, 2.75) is 185 Å². The topological polar surface area (TPSA) is 302 Å². The number of nitrogens with one attached hydrogen (secondary N) is 4. The van der Waals surface area contributed by atoms with E-state index in [4.69, 9.17) is 18.9 Å². The van der Waals surface area contributed by atoms with Crippen molar-refractivity contribution in [3.05, 3.63) is 142 Å². The maximum absolute atomic E-state index is 15.8. The summed E-state index contributed by atoms with van der Waals surface area (Å²) >= 11 is 0. The van der Waals surface area contributed by atoms with Gasteiger partial charge in [-0.15, -0.1) is 0 Å². The monoisotopic (exact) mass is 1620 g/mol. The molecule has 24 nitrogen and oxygen atoms in total. The maximum Gasteiger partial charge on any atom is 0.322 e. The van der Waals surface area contributed by atoms with Gasteiger partial charge in [-0.25, -0.2) is 0 Å². The second kappa shape index (κ2) is 28.8. The lowest BCUT2D eigenvalue weighted by Crippen LogP contribution is -2.81. The van der Waals surface area contributed by atoms with Crippen LogP contribution in [0.25, 0.3) is 21.8 Å². The van der Waals surface area contributed by atoms with Gasteiger partial charge in [0.2, 0.25) is 0 Å². The third-order valence-electron chi connectivity index (χ3n) is 31.4. The van der Waals surface area contributed by atoms with Crippen molar-refractivity contribution in [1.29, 1.82) is 0 Å². The van der Waals surface area contributed by atoms with Crippen molar-refractivity contribution < 1.29 is 68.8 Å². The first-order valence-electron chi connectivity index (χ1n) is 42.4. The Kier molecular flexibility index (Phi) is 19.8. The van der Waals surface area contributed by atoms with Gasteiger partial charge in [0.05, 0.1) is 51.7 Å². The van der Waals surface area contributed by atoms with Crippen LogP contribution in [-0.2, 0) is 63.2 Å². The summed E-state index contributed by atoms with van der Waals surface area (Å²) < 4.78 is 25.3. The van der Waals surface area contributed by atoms with Crippen molar-refractivity contribution in [1.82, 2.24) is 40.2 Å². The molecule has 6 unspecified atom stereocenters. The molecule has 622 valence electrons. The minimum Gasteiger partial charge on any atom is -0.496 e. The number of anilines is 2. The van der Waals surface area contributed by atoms with E-state index in [2.05, 4.69) is 76.6 Å². The minimum absolute atomic E-state index is 0.113. The number of ether oxygens (including phenoxy) is 4. The average Bonchev–Trinajstić information content (AvgIpc) is 1.48. The number of benzene rings is 4. The van der Waals surface area contributed by atoms with Gasteiger partial charge in [0.1, 0.15) is 34.5 Å². The number of hydrogen-bond donors (Lipinski definition) is 10. The van der Waals surface area contributed by atoms with Crippen molar-refractivity contribution in [3.8, 4) is 11.5 Å². The number of H-pyrrole nitrogens is 2. The number of aromatic nitrogens is 2. The number of fused-ring (bicyclic) bond motifs is 12. The zero-order valence-corrected chi connectivity index (χ0v) is 70.3. The highest BCUT2D eigenvalue weighted by molar-refractivity contribution is 8.76. The third kappa shape index (κ3) is 10.9. The Hall–Kier alpha value is -7.18. The smallest absolute Gasteiger partial charge is 0.322 e. The summed E-state index contributed by atoms with van der Waals surface area (Å²) in [5.74, 6) is -1.05. The number of hydrogen-bond acceptors (Lipinski definition) is 22. The Morgan fingerprint density at radius 2 is 0.931 bits per heavy atom. The number of rotatable bonds is 19. The van der Waals surface area contributed by atoms with E-state index in [1.165, 1.54) is 35.8 Å². The number of carbonyl (C=O) groups is 4. The first-order chi connectivity index (χ1) is 55.7. The Balaban J connectivity index is 0.625. The average molecular weight is 1630 g/mol. The number of aromatic amines is 2. The van der Waals surface area contributed by atoms with Crippen molar-refractivity contribution in [3.63, 3.8) is 0 Å². The molecule has 10 N–H and O–H groups in total. The van der Waals surface area contributed by atoms with E-state index >= 15 is 19.2 Å². The number of carbonyl (C=O) groups excluding carboxylic acids is 4. The van der Waals surface area contributed by atoms with Crippen LogP contribution >= 0.6 is 21.6 Å². The van der Waals surface area contributed by atoms with E-state index in [-0.39, 0.29) is 49.9 Å². The normalized spacial score (nSPS) is 37.7. The number of para-hydroxylation sites is 2. The minimum atomic E-state index is -2.40. The predicted octanol–water partition coefficient (Wildman–Crippen LogP) is 7.12. The lowest BCUT2D eigenvalue weighted by molar-refractivity contribution is -0.203. The van der Waals surface area contributed by atoms with Gasteiger partial charge in [-0.1, -0.05) is 110 Å². The van der Waals surface area contributed by atoms with Crippen LogP contribution in [0.3, 0.4) is 0 Å². The zero-order chi connectivity index (χ0) is 81.4. The van der Waals surface area contributed by atoms with Gasteiger partial charge in [-0.2, -0.15) is 0 Å². The van der Waals surface area contributed by atoms with E-state index < -0.39 is 103 Å². The molecule has 12 aliphatic rings. The van der Waals surface area contributed by atoms with E-state index in [0.717, 1.165) is 66.8 Å². The molecule has 4 aromatic carbocycles. The highest BCUT2D eigenvalue weighted by atomic mass is 33.1. The first-order valence-corrected chi connectivity index (χ1v) is 44.9. The molecule has 0 radical (unpaired) electrons. The Bertz CT molecular complexity index is 4700. The van der Waals surface area contributed by atoms with Gasteiger partial charge >= 0.3 is 11.9 Å². The number of likely N-dealkylation sites (N-methyl/N-ethyl adjacent to an activating group) is 2. The number of nitrogens with zero attached hydrogens (tertiary/aromatic N) is 6. The van der Waals surface area contributed by atoms with Crippen LogP contribution in [0.15, 0.2) is 97.1 Å². The first kappa shape index (κ1) is 79.9. The fourth-order valence-corrected chi connectivity index (χ4v) is 28.7. The fraction of sp³-hybridized carbons (Fsp3) is 0.600. The number of aliphatic hydroxyl groups excluding tert-OH is 2. The molecule has 12 heterocycles. The van der Waals surface area contributed by atoms with Crippen LogP contribution in [0.4, 0.5) is 11.4 Å². The second-order valence-corrected chi connectivity index (χ2v) is 39.1. The molecular weight excluding hydrogens is 1510 g/mol. The summed E-state index contributed by atoms with van der Waals surface area (Å²) in [6.45, 7) is 14.5. The van der Waals surface area contributed by atoms with Crippen molar-refractivity contribution in [2.75, 3.05) is 142 Å². The molecule has 6 fully saturated rings. The quantitative estimate of drug-likeness (QED) is 0.0167. The maximum atomic E-state index is 15.8. The molecule has 2 saturated carbocycles. The molecule has 4 saturated heterocycles. The van der Waals surface area contributed by atoms with E-state index in [0.29, 0.717) is 164 Å². The SMILES string of the molecule is CC[C@]1(O)C[C@@H]2CN(CCc3c([nH]c4ccccc34)[C@@](C(=O)OC)(c3cc4c(cc3OC)N(C)[C@H]3C(O)(C(=O)NCCSSCCNC(=O)C5(O)[C@H](O)[C@]6(CC)C=CCN7CC[C@@]8(c9cc([C@@]%10(C(=O)OC)C[C@H]%11CN(CCc%12c%10[nH]c%10ccccc%12%10)C[C@](O)(CC)C%11)c(OC)cc9N(C)[C@@H]58)C76)[C@H](O)[C@]5(CC)C=CCN6CC[C@]43C65)C2)C1. The Labute approximate surface area is 687 Å². The van der Waals surface area contributed by atoms with Crippen LogP contribution in [0.1, 0.15) is 137 Å². The van der Waals surface area contributed by atoms with Crippen LogP contribution in [0, 0.1) is 22.7 Å². The van der Waals surface area contributed by atoms with Gasteiger partial charge in [0, 0.05) is 193 Å². The van der Waals surface area contributed by atoms with Gasteiger partial charge in [-0.05, 0) is 148 Å². The summed E-state index contributed by atoms with van der Waals surface area (Å²) in [7, 11) is 12.8. The third-order valence-corrected chi connectivity index (χ3v) is 33.8. The van der Waals surface area contributed by atoms with Gasteiger partial charge in [0.15, 0.2) is 11.2 Å². The zero-order valence-electron chi connectivity index (χ0n) is 68.7. The fourth-order valence-electron chi connectivity index (χ4n) is 26.9. The summed E-state index contributed by atoms with van der Waals surface area (Å²) in [5, 5.41) is 87.6. The lowest BCUT2D eigenvalue weighted by Gasteiger charge is -2.63. The number of methoxy groups -OCH3 is 4. The molecule has 4 bridgehead atoms. The van der Waals surface area contributed by atoms with Crippen molar-refractivity contribution in [2.24, 2.45) is 22.7 Å². The number of aliphatic hydroxyl groups is 6. The van der Waals surface area contributed by atoms with E-state index in [1.807, 2.05) is 112 Å². The molecule has 10 aliphatic heterocycles. The Morgan fingerprint density at radius 3 is 1.31 bits per heavy atom. The highest BCUT2D eigenvalue weighted by Crippen LogP contribution is 2.70.